The summed E-state index contributed by atoms with van der Waals surface area (Å²) in [5, 5.41) is 12.7. The number of hydrogen-bond donors (Lipinski definition) is 0. The van der Waals surface area contributed by atoms with Crippen molar-refractivity contribution in [2.24, 2.45) is 7.05 Å². The van der Waals surface area contributed by atoms with Crippen molar-refractivity contribution in [3.05, 3.63) is 47.9 Å². The van der Waals surface area contributed by atoms with E-state index in [-0.39, 0.29) is 11.8 Å². The first-order chi connectivity index (χ1) is 13.7. The summed E-state index contributed by atoms with van der Waals surface area (Å²) < 4.78 is 9.27. The van der Waals surface area contributed by atoms with Crippen molar-refractivity contribution in [1.29, 1.82) is 0 Å². The Morgan fingerprint density at radius 2 is 2.25 bits per heavy atom. The van der Waals surface area contributed by atoms with Crippen molar-refractivity contribution in [3.8, 4) is 0 Å². The summed E-state index contributed by atoms with van der Waals surface area (Å²) in [4.78, 5) is 18.8. The normalized spacial score (nSPS) is 17.2. The van der Waals surface area contributed by atoms with Gasteiger partial charge in [-0.05, 0) is 19.3 Å². The van der Waals surface area contributed by atoms with Gasteiger partial charge in [0.2, 0.25) is 0 Å². The number of aromatic nitrogens is 6. The van der Waals surface area contributed by atoms with Crippen LogP contribution in [0.15, 0.2) is 29.3 Å². The molecule has 28 heavy (non-hydrogen) atoms. The number of likely N-dealkylation sites (tertiary alicyclic amines) is 1. The lowest BCUT2D eigenvalue weighted by molar-refractivity contribution is 0.0693. The van der Waals surface area contributed by atoms with Crippen molar-refractivity contribution in [2.45, 2.75) is 45.1 Å². The average molecular weight is 383 g/mol. The van der Waals surface area contributed by atoms with Gasteiger partial charge in [-0.3, -0.25) is 4.79 Å². The summed E-state index contributed by atoms with van der Waals surface area (Å²) in [6.45, 7) is 4.04. The van der Waals surface area contributed by atoms with Crippen LogP contribution < -0.4 is 0 Å². The molecule has 4 rings (SSSR count). The molecule has 9 nitrogen and oxygen atoms in total. The Bertz CT molecular complexity index is 928. The van der Waals surface area contributed by atoms with Crippen LogP contribution in [0.5, 0.6) is 0 Å². The molecule has 3 aromatic heterocycles. The molecule has 0 bridgehead atoms. The summed E-state index contributed by atoms with van der Waals surface area (Å²) in [6.07, 6.45) is 9.09. The third-order valence-electron chi connectivity index (χ3n) is 5.23. The first-order valence-corrected chi connectivity index (χ1v) is 9.74. The van der Waals surface area contributed by atoms with E-state index in [9.17, 15) is 4.79 Å². The molecule has 9 heteroatoms. The minimum atomic E-state index is -0.0726. The van der Waals surface area contributed by atoms with Gasteiger partial charge in [-0.15, -0.1) is 10.2 Å². The maximum Gasteiger partial charge on any atom is 0.276 e. The van der Waals surface area contributed by atoms with Crippen LogP contribution in [0, 0.1) is 0 Å². The lowest BCUT2D eigenvalue weighted by Gasteiger charge is -2.31. The lowest BCUT2D eigenvalue weighted by atomic mass is 9.97. The van der Waals surface area contributed by atoms with Gasteiger partial charge in [-0.25, -0.2) is 4.98 Å². The van der Waals surface area contributed by atoms with E-state index < -0.39 is 0 Å². The molecule has 1 atom stereocenters. The van der Waals surface area contributed by atoms with Crippen LogP contribution in [-0.2, 0) is 20.0 Å². The van der Waals surface area contributed by atoms with Crippen molar-refractivity contribution in [2.75, 3.05) is 13.1 Å². The quantitative estimate of drug-likeness (QED) is 0.646. The fourth-order valence-electron chi connectivity index (χ4n) is 3.72. The second-order valence-electron chi connectivity index (χ2n) is 7.29. The zero-order valence-corrected chi connectivity index (χ0v) is 16.3. The van der Waals surface area contributed by atoms with Crippen LogP contribution in [0.1, 0.15) is 60.0 Å². The summed E-state index contributed by atoms with van der Waals surface area (Å²) in [5.74, 6) is 2.64. The zero-order chi connectivity index (χ0) is 19.5. The Balaban J connectivity index is 1.46. The Morgan fingerprint density at radius 1 is 1.36 bits per heavy atom. The van der Waals surface area contributed by atoms with Gasteiger partial charge in [0, 0.05) is 50.9 Å². The van der Waals surface area contributed by atoms with Gasteiger partial charge in [-0.2, -0.15) is 0 Å². The van der Waals surface area contributed by atoms with E-state index in [1.165, 1.54) is 0 Å². The molecular formula is C19H25N7O2. The Morgan fingerprint density at radius 3 is 3.04 bits per heavy atom. The standard InChI is InChI=1S/C19H25N7O2/c1-3-5-15-10-16(23-28-15)19(27)26-8-4-6-14(11-26)18-22-21-17(24(18)2)12-25-9-7-20-13-25/h7,9-10,13-14H,3-6,8,11-12H2,1-2H3/t14-/m1/s1. The Hall–Kier alpha value is -2.97. The smallest absolute Gasteiger partial charge is 0.276 e. The Labute approximate surface area is 163 Å². The first-order valence-electron chi connectivity index (χ1n) is 9.74. The summed E-state index contributed by atoms with van der Waals surface area (Å²) in [7, 11) is 1.98. The van der Waals surface area contributed by atoms with E-state index in [1.807, 2.05) is 27.3 Å². The molecule has 3 aromatic rings. The number of carbonyl (C=O) groups is 1. The number of carbonyl (C=O) groups excluding carboxylic acids is 1. The van der Waals surface area contributed by atoms with E-state index >= 15 is 0 Å². The zero-order valence-electron chi connectivity index (χ0n) is 16.3. The average Bonchev–Trinajstić information content (AvgIpc) is 3.45. The van der Waals surface area contributed by atoms with Crippen molar-refractivity contribution >= 4 is 5.91 Å². The van der Waals surface area contributed by atoms with Crippen molar-refractivity contribution < 1.29 is 9.32 Å². The second kappa shape index (κ2) is 7.95. The number of hydrogen-bond acceptors (Lipinski definition) is 6. The molecule has 0 aliphatic carbocycles. The molecule has 1 aliphatic heterocycles. The van der Waals surface area contributed by atoms with Gasteiger partial charge < -0.3 is 18.6 Å². The van der Waals surface area contributed by atoms with Crippen LogP contribution in [0.25, 0.3) is 0 Å². The molecular weight excluding hydrogens is 358 g/mol. The predicted molar refractivity (Wildman–Crippen MR) is 101 cm³/mol. The molecule has 0 unspecified atom stereocenters. The first kappa shape index (κ1) is 18.4. The fraction of sp³-hybridized carbons (Fsp3) is 0.526. The molecule has 1 amide bonds. The maximum absolute atomic E-state index is 12.8. The number of piperidine rings is 1. The molecule has 0 saturated carbocycles. The highest BCUT2D eigenvalue weighted by atomic mass is 16.5. The highest BCUT2D eigenvalue weighted by Gasteiger charge is 2.30. The summed E-state index contributed by atoms with van der Waals surface area (Å²) in [6, 6.07) is 1.76. The minimum absolute atomic E-state index is 0.0726. The third-order valence-corrected chi connectivity index (χ3v) is 5.23. The van der Waals surface area contributed by atoms with E-state index in [1.54, 1.807) is 18.6 Å². The largest absolute Gasteiger partial charge is 0.361 e. The lowest BCUT2D eigenvalue weighted by Crippen LogP contribution is -2.39. The molecule has 1 fully saturated rings. The van der Waals surface area contributed by atoms with Crippen LogP contribution in [-0.4, -0.2) is 53.4 Å². The summed E-state index contributed by atoms with van der Waals surface area (Å²) >= 11 is 0. The predicted octanol–water partition coefficient (Wildman–Crippen LogP) is 2.02. The third kappa shape index (κ3) is 3.69. The number of imidazole rings is 1. The minimum Gasteiger partial charge on any atom is -0.361 e. The van der Waals surface area contributed by atoms with E-state index in [2.05, 4.69) is 27.3 Å². The van der Waals surface area contributed by atoms with E-state index in [4.69, 9.17) is 4.52 Å². The van der Waals surface area contributed by atoms with Crippen LogP contribution in [0.3, 0.4) is 0 Å². The highest BCUT2D eigenvalue weighted by Crippen LogP contribution is 2.27. The number of aryl methyl sites for hydroxylation is 1. The molecule has 0 N–H and O–H groups in total. The van der Waals surface area contributed by atoms with Crippen molar-refractivity contribution in [1.82, 2.24) is 34.4 Å². The molecule has 0 aromatic carbocycles. The van der Waals surface area contributed by atoms with Crippen LogP contribution >= 0.6 is 0 Å². The van der Waals surface area contributed by atoms with Crippen LogP contribution in [0.2, 0.25) is 0 Å². The number of nitrogens with zero attached hydrogens (tertiary/aromatic N) is 7. The second-order valence-corrected chi connectivity index (χ2v) is 7.29. The van der Waals surface area contributed by atoms with Gasteiger partial charge in [0.25, 0.3) is 5.91 Å². The van der Waals surface area contributed by atoms with Crippen molar-refractivity contribution in [3.63, 3.8) is 0 Å². The maximum atomic E-state index is 12.8. The fourth-order valence-corrected chi connectivity index (χ4v) is 3.72. The monoisotopic (exact) mass is 383 g/mol. The molecule has 148 valence electrons. The van der Waals surface area contributed by atoms with Gasteiger partial charge in [0.05, 0.1) is 12.9 Å². The summed E-state index contributed by atoms with van der Waals surface area (Å²) in [5.41, 5.74) is 0.392. The topological polar surface area (TPSA) is 94.9 Å². The molecule has 1 saturated heterocycles. The number of amides is 1. The van der Waals surface area contributed by atoms with Gasteiger partial charge in [-0.1, -0.05) is 12.1 Å². The van der Waals surface area contributed by atoms with E-state index in [0.717, 1.165) is 49.6 Å². The van der Waals surface area contributed by atoms with Gasteiger partial charge in [0.15, 0.2) is 11.5 Å². The van der Waals surface area contributed by atoms with Gasteiger partial charge in [0.1, 0.15) is 11.6 Å². The Kier molecular flexibility index (Phi) is 5.23. The van der Waals surface area contributed by atoms with Gasteiger partial charge >= 0.3 is 0 Å². The molecule has 4 heterocycles. The number of rotatable bonds is 6. The molecule has 0 spiro atoms. The van der Waals surface area contributed by atoms with E-state index in [0.29, 0.717) is 18.8 Å². The van der Waals surface area contributed by atoms with Crippen LogP contribution in [0.4, 0.5) is 0 Å². The SMILES string of the molecule is CCCc1cc(C(=O)N2CCC[C@@H](c3nnc(Cn4ccnc4)n3C)C2)no1. The molecule has 1 aliphatic rings. The molecule has 0 radical (unpaired) electrons. The highest BCUT2D eigenvalue weighted by molar-refractivity contribution is 5.92.